The monoisotopic (exact) mass is 310 g/mol. The Morgan fingerprint density at radius 2 is 2.06 bits per heavy atom. The first-order chi connectivity index (χ1) is 8.81. The predicted molar refractivity (Wildman–Crippen MR) is 72.6 cm³/mol. The molecule has 96 valence electrons. The zero-order chi connectivity index (χ0) is 12.8. The minimum atomic E-state index is 0.537. The van der Waals surface area contributed by atoms with E-state index >= 15 is 0 Å². The number of aromatic nitrogens is 2. The molecular formula is C13H15BrN2O2. The van der Waals surface area contributed by atoms with Crippen LogP contribution in [0.5, 0.6) is 5.75 Å². The summed E-state index contributed by atoms with van der Waals surface area (Å²) in [5.41, 5.74) is 1.13. The SMILES string of the molecule is COCCn1ncc(OCc2ccccc2)c1Br. The number of hydrogen-bond donors (Lipinski definition) is 0. The molecule has 0 saturated carbocycles. The Morgan fingerprint density at radius 1 is 1.28 bits per heavy atom. The van der Waals surface area contributed by atoms with Crippen molar-refractivity contribution in [2.75, 3.05) is 13.7 Å². The van der Waals surface area contributed by atoms with Crippen molar-refractivity contribution < 1.29 is 9.47 Å². The van der Waals surface area contributed by atoms with Crippen LogP contribution in [-0.4, -0.2) is 23.5 Å². The van der Waals surface area contributed by atoms with Crippen molar-refractivity contribution in [3.8, 4) is 5.75 Å². The summed E-state index contributed by atoms with van der Waals surface area (Å²) in [6.45, 7) is 1.86. The van der Waals surface area contributed by atoms with Gasteiger partial charge in [0.05, 0.1) is 19.3 Å². The standard InChI is InChI=1S/C13H15BrN2O2/c1-17-8-7-16-13(14)12(9-15-16)18-10-11-5-3-2-4-6-11/h2-6,9H,7-8,10H2,1H3. The molecule has 0 atom stereocenters. The number of halogens is 1. The molecule has 2 rings (SSSR count). The van der Waals surface area contributed by atoms with Gasteiger partial charge in [-0.25, -0.2) is 0 Å². The van der Waals surface area contributed by atoms with E-state index in [0.717, 1.165) is 15.9 Å². The van der Waals surface area contributed by atoms with Gasteiger partial charge >= 0.3 is 0 Å². The van der Waals surface area contributed by atoms with Gasteiger partial charge in [0.25, 0.3) is 0 Å². The predicted octanol–water partition coefficient (Wildman–Crippen LogP) is 2.87. The van der Waals surface area contributed by atoms with Gasteiger partial charge < -0.3 is 9.47 Å². The number of ether oxygens (including phenoxy) is 2. The number of methoxy groups -OCH3 is 1. The molecule has 5 heteroatoms. The highest BCUT2D eigenvalue weighted by molar-refractivity contribution is 9.10. The second-order valence-corrected chi connectivity index (χ2v) is 4.54. The van der Waals surface area contributed by atoms with Gasteiger partial charge in [0.15, 0.2) is 5.75 Å². The maximum absolute atomic E-state index is 5.71. The summed E-state index contributed by atoms with van der Waals surface area (Å²) in [5.74, 6) is 0.745. The quantitative estimate of drug-likeness (QED) is 0.823. The topological polar surface area (TPSA) is 36.3 Å². The van der Waals surface area contributed by atoms with Crippen LogP contribution < -0.4 is 4.74 Å². The van der Waals surface area contributed by atoms with Crippen LogP contribution in [0.25, 0.3) is 0 Å². The molecule has 0 amide bonds. The second-order valence-electron chi connectivity index (χ2n) is 3.79. The third kappa shape index (κ3) is 3.34. The van der Waals surface area contributed by atoms with E-state index in [9.17, 15) is 0 Å². The lowest BCUT2D eigenvalue weighted by Crippen LogP contribution is -2.05. The summed E-state index contributed by atoms with van der Waals surface area (Å²) in [6.07, 6.45) is 1.71. The molecule has 1 heterocycles. The molecule has 0 aliphatic rings. The Morgan fingerprint density at radius 3 is 2.78 bits per heavy atom. The largest absolute Gasteiger partial charge is 0.484 e. The summed E-state index contributed by atoms with van der Waals surface area (Å²) < 4.78 is 13.4. The van der Waals surface area contributed by atoms with Gasteiger partial charge in [0.1, 0.15) is 11.2 Å². The average molecular weight is 311 g/mol. The first kappa shape index (κ1) is 13.1. The molecule has 1 aromatic heterocycles. The zero-order valence-electron chi connectivity index (χ0n) is 10.2. The second kappa shape index (κ2) is 6.56. The average Bonchev–Trinajstić information content (AvgIpc) is 2.76. The van der Waals surface area contributed by atoms with Crippen LogP contribution in [0.1, 0.15) is 5.56 Å². The van der Waals surface area contributed by atoms with Gasteiger partial charge in [0.2, 0.25) is 0 Å². The Labute approximate surface area is 115 Å². The van der Waals surface area contributed by atoms with Crippen LogP contribution in [0.2, 0.25) is 0 Å². The van der Waals surface area contributed by atoms with Crippen LogP contribution in [0, 0.1) is 0 Å². The lowest BCUT2D eigenvalue weighted by molar-refractivity contribution is 0.182. The molecule has 18 heavy (non-hydrogen) atoms. The van der Waals surface area contributed by atoms with Gasteiger partial charge in [-0.05, 0) is 21.5 Å². The van der Waals surface area contributed by atoms with Crippen LogP contribution in [0.4, 0.5) is 0 Å². The number of nitrogens with zero attached hydrogens (tertiary/aromatic N) is 2. The highest BCUT2D eigenvalue weighted by Gasteiger charge is 2.08. The molecule has 0 aliphatic carbocycles. The third-order valence-electron chi connectivity index (χ3n) is 2.49. The Balaban J connectivity index is 1.95. The van der Waals surface area contributed by atoms with Crippen molar-refractivity contribution in [1.82, 2.24) is 9.78 Å². The van der Waals surface area contributed by atoms with Crippen LogP contribution in [0.3, 0.4) is 0 Å². The highest BCUT2D eigenvalue weighted by Crippen LogP contribution is 2.25. The van der Waals surface area contributed by atoms with E-state index in [1.807, 2.05) is 35.0 Å². The molecule has 1 aromatic carbocycles. The maximum atomic E-state index is 5.71. The Kier molecular flexibility index (Phi) is 4.78. The molecule has 0 fully saturated rings. The fourth-order valence-electron chi connectivity index (χ4n) is 1.52. The fourth-order valence-corrected chi connectivity index (χ4v) is 2.00. The molecule has 0 unspecified atom stereocenters. The maximum Gasteiger partial charge on any atom is 0.172 e. The fraction of sp³-hybridized carbons (Fsp3) is 0.308. The van der Waals surface area contributed by atoms with Crippen molar-refractivity contribution >= 4 is 15.9 Å². The van der Waals surface area contributed by atoms with E-state index < -0.39 is 0 Å². The van der Waals surface area contributed by atoms with Crippen molar-refractivity contribution in [2.24, 2.45) is 0 Å². The van der Waals surface area contributed by atoms with Crippen molar-refractivity contribution in [3.63, 3.8) is 0 Å². The van der Waals surface area contributed by atoms with Crippen molar-refractivity contribution in [3.05, 3.63) is 46.7 Å². The van der Waals surface area contributed by atoms with Crippen LogP contribution >= 0.6 is 15.9 Å². The lowest BCUT2D eigenvalue weighted by Gasteiger charge is -2.05. The minimum Gasteiger partial charge on any atom is -0.484 e. The third-order valence-corrected chi connectivity index (χ3v) is 3.29. The summed E-state index contributed by atoms with van der Waals surface area (Å²) in [7, 11) is 1.67. The number of rotatable bonds is 6. The molecule has 4 nitrogen and oxygen atoms in total. The normalized spacial score (nSPS) is 10.6. The van der Waals surface area contributed by atoms with Gasteiger partial charge in [0, 0.05) is 7.11 Å². The summed E-state index contributed by atoms with van der Waals surface area (Å²) in [4.78, 5) is 0. The Bertz CT molecular complexity index is 485. The van der Waals surface area contributed by atoms with Crippen molar-refractivity contribution in [2.45, 2.75) is 13.2 Å². The molecule has 2 aromatic rings. The van der Waals surface area contributed by atoms with E-state index in [-0.39, 0.29) is 0 Å². The molecular weight excluding hydrogens is 296 g/mol. The van der Waals surface area contributed by atoms with Gasteiger partial charge in [-0.3, -0.25) is 4.68 Å². The van der Waals surface area contributed by atoms with Gasteiger partial charge in [-0.1, -0.05) is 30.3 Å². The van der Waals surface area contributed by atoms with Gasteiger partial charge in [-0.2, -0.15) is 5.10 Å². The van der Waals surface area contributed by atoms with Crippen molar-refractivity contribution in [1.29, 1.82) is 0 Å². The number of hydrogen-bond acceptors (Lipinski definition) is 3. The highest BCUT2D eigenvalue weighted by atomic mass is 79.9. The first-order valence-corrected chi connectivity index (χ1v) is 6.47. The number of benzene rings is 1. The zero-order valence-corrected chi connectivity index (χ0v) is 11.8. The minimum absolute atomic E-state index is 0.537. The van der Waals surface area contributed by atoms with E-state index in [1.54, 1.807) is 13.3 Å². The van der Waals surface area contributed by atoms with E-state index in [4.69, 9.17) is 9.47 Å². The van der Waals surface area contributed by atoms with E-state index in [1.165, 1.54) is 0 Å². The van der Waals surface area contributed by atoms with Crippen LogP contribution in [0.15, 0.2) is 41.1 Å². The van der Waals surface area contributed by atoms with E-state index in [2.05, 4.69) is 21.0 Å². The summed E-state index contributed by atoms with van der Waals surface area (Å²) in [6, 6.07) is 10.0. The molecule has 0 bridgehead atoms. The smallest absolute Gasteiger partial charge is 0.172 e. The Hall–Kier alpha value is -1.33. The molecule has 0 spiro atoms. The molecule has 0 aliphatic heterocycles. The molecule has 0 N–H and O–H groups in total. The van der Waals surface area contributed by atoms with Gasteiger partial charge in [-0.15, -0.1) is 0 Å². The first-order valence-electron chi connectivity index (χ1n) is 5.68. The van der Waals surface area contributed by atoms with Crippen LogP contribution in [-0.2, 0) is 17.9 Å². The lowest BCUT2D eigenvalue weighted by atomic mass is 10.2. The molecule has 0 radical (unpaired) electrons. The van der Waals surface area contributed by atoms with E-state index in [0.29, 0.717) is 19.8 Å². The summed E-state index contributed by atoms with van der Waals surface area (Å²) >= 11 is 3.47. The summed E-state index contributed by atoms with van der Waals surface area (Å²) in [5, 5.41) is 4.23. The molecule has 0 saturated heterocycles.